The Bertz CT molecular complexity index is 557. The maximum absolute atomic E-state index is 11.0. The number of nitrogens with zero attached hydrogens (tertiary/aromatic N) is 1. The Hall–Kier alpha value is -1.39. The van der Waals surface area contributed by atoms with Crippen LogP contribution in [-0.4, -0.2) is 47.3 Å². The average Bonchev–Trinajstić information content (AvgIpc) is 2.66. The Morgan fingerprint density at radius 1 is 1.30 bits per heavy atom. The fourth-order valence-corrected chi connectivity index (χ4v) is 4.63. The average molecular weight is 318 g/mol. The molecule has 126 valence electrons. The summed E-state index contributed by atoms with van der Waals surface area (Å²) in [5.41, 5.74) is 1.22. The lowest BCUT2D eigenvalue weighted by Gasteiger charge is -2.46. The van der Waals surface area contributed by atoms with Crippen LogP contribution in [0, 0.1) is 0 Å². The smallest absolute Gasteiger partial charge is 0.308 e. The van der Waals surface area contributed by atoms with Crippen LogP contribution in [0.15, 0.2) is 24.3 Å². The van der Waals surface area contributed by atoms with Gasteiger partial charge in [0.05, 0.1) is 31.8 Å². The summed E-state index contributed by atoms with van der Waals surface area (Å²) in [5.74, 6) is 0.361. The van der Waals surface area contributed by atoms with Gasteiger partial charge < -0.3 is 14.3 Å². The van der Waals surface area contributed by atoms with Crippen molar-refractivity contribution < 1.29 is 19.1 Å². The molecule has 2 aliphatic heterocycles. The third-order valence-corrected chi connectivity index (χ3v) is 5.86. The summed E-state index contributed by atoms with van der Waals surface area (Å²) >= 11 is 0. The van der Waals surface area contributed by atoms with Crippen LogP contribution in [0.2, 0.25) is 0 Å². The molecule has 3 rings (SSSR count). The number of quaternary nitrogens is 1. The molecule has 1 N–H and O–H groups in total. The van der Waals surface area contributed by atoms with Crippen LogP contribution in [0.3, 0.4) is 0 Å². The van der Waals surface area contributed by atoms with E-state index in [0.29, 0.717) is 17.8 Å². The maximum Gasteiger partial charge on any atom is 0.308 e. The molecule has 2 fully saturated rings. The summed E-state index contributed by atoms with van der Waals surface area (Å²) < 4.78 is 6.30. The van der Waals surface area contributed by atoms with Crippen molar-refractivity contribution in [2.45, 2.75) is 63.6 Å². The van der Waals surface area contributed by atoms with E-state index in [2.05, 4.69) is 13.1 Å². The first-order valence-electron chi connectivity index (χ1n) is 8.77. The van der Waals surface area contributed by atoms with Crippen molar-refractivity contribution >= 4 is 5.97 Å². The van der Waals surface area contributed by atoms with Gasteiger partial charge in [-0.05, 0) is 24.1 Å². The van der Waals surface area contributed by atoms with Gasteiger partial charge in [0.15, 0.2) is 0 Å². The lowest BCUT2D eigenvalue weighted by molar-refractivity contribution is -0.949. The molecule has 0 saturated carbocycles. The quantitative estimate of drug-likeness (QED) is 0.516. The fourth-order valence-electron chi connectivity index (χ4n) is 4.63. The second-order valence-electron chi connectivity index (χ2n) is 7.43. The number of carbonyl (C=O) groups excluding carboxylic acids is 1. The lowest BCUT2D eigenvalue weighted by Crippen LogP contribution is -2.58. The van der Waals surface area contributed by atoms with Gasteiger partial charge in [-0.2, -0.15) is 0 Å². The zero-order valence-corrected chi connectivity index (χ0v) is 14.2. The van der Waals surface area contributed by atoms with Gasteiger partial charge in [0.25, 0.3) is 0 Å². The van der Waals surface area contributed by atoms with E-state index in [9.17, 15) is 9.90 Å². The molecule has 4 heteroatoms. The molecule has 1 aromatic carbocycles. The van der Waals surface area contributed by atoms with Gasteiger partial charge in [0, 0.05) is 39.0 Å². The highest BCUT2D eigenvalue weighted by atomic mass is 16.5. The van der Waals surface area contributed by atoms with Crippen molar-refractivity contribution in [1.82, 2.24) is 0 Å². The number of aliphatic hydroxyl groups excluding tert-OH is 1. The third kappa shape index (κ3) is 3.59. The number of hydrogen-bond acceptors (Lipinski definition) is 3. The van der Waals surface area contributed by atoms with Crippen LogP contribution in [0.1, 0.15) is 44.6 Å². The zero-order chi connectivity index (χ0) is 16.4. The van der Waals surface area contributed by atoms with E-state index < -0.39 is 0 Å². The molecular weight excluding hydrogens is 290 g/mol. The predicted octanol–water partition coefficient (Wildman–Crippen LogP) is 2.68. The van der Waals surface area contributed by atoms with Crippen molar-refractivity contribution in [2.24, 2.45) is 0 Å². The largest absolute Gasteiger partial charge is 0.427 e. The number of benzene rings is 1. The number of hydrogen-bond donors (Lipinski definition) is 1. The first kappa shape index (κ1) is 16.5. The first-order chi connectivity index (χ1) is 11.0. The van der Waals surface area contributed by atoms with Crippen molar-refractivity contribution in [3.63, 3.8) is 0 Å². The number of carbonyl (C=O) groups is 1. The minimum absolute atomic E-state index is 0.0842. The van der Waals surface area contributed by atoms with Crippen molar-refractivity contribution in [2.75, 3.05) is 13.6 Å². The molecule has 0 aliphatic carbocycles. The molecule has 23 heavy (non-hydrogen) atoms. The molecule has 2 saturated heterocycles. The molecule has 2 unspecified atom stereocenters. The van der Waals surface area contributed by atoms with Crippen LogP contribution < -0.4 is 4.74 Å². The number of fused-ring (bicyclic) bond motifs is 2. The summed E-state index contributed by atoms with van der Waals surface area (Å²) in [6.07, 6.45) is 6.51. The maximum atomic E-state index is 11.0. The number of esters is 1. The highest BCUT2D eigenvalue weighted by Crippen LogP contribution is 2.41. The monoisotopic (exact) mass is 318 g/mol. The molecule has 2 atom stereocenters. The predicted molar refractivity (Wildman–Crippen MR) is 89.2 cm³/mol. The summed E-state index contributed by atoms with van der Waals surface area (Å²) in [5, 5.41) is 9.98. The van der Waals surface area contributed by atoms with Gasteiger partial charge in [-0.1, -0.05) is 12.1 Å². The van der Waals surface area contributed by atoms with Crippen molar-refractivity contribution in [3.8, 4) is 5.75 Å². The van der Waals surface area contributed by atoms with Crippen LogP contribution in [0.25, 0.3) is 0 Å². The summed E-state index contributed by atoms with van der Waals surface area (Å²) in [7, 11) is 2.38. The Labute approximate surface area is 138 Å². The standard InChI is InChI=1S/C19H28NO3/c1-14(21)23-19-7-3-5-15(11-19)6-4-10-20(2)16-8-9-17(20)13-18(22)12-16/h3,5,7,11,16-18,22H,4,6,8-10,12-13H2,1-2H3/q+1. The molecule has 2 bridgehead atoms. The third-order valence-electron chi connectivity index (χ3n) is 5.86. The summed E-state index contributed by atoms with van der Waals surface area (Å²) in [6.45, 7) is 2.60. The summed E-state index contributed by atoms with van der Waals surface area (Å²) in [4.78, 5) is 11.0. The topological polar surface area (TPSA) is 46.5 Å². The van der Waals surface area contributed by atoms with Crippen molar-refractivity contribution in [3.05, 3.63) is 29.8 Å². The minimum atomic E-state index is -0.274. The molecule has 2 aliphatic rings. The molecular formula is C19H28NO3+. The first-order valence-corrected chi connectivity index (χ1v) is 8.77. The number of rotatable bonds is 5. The molecule has 0 aromatic heterocycles. The molecule has 1 aromatic rings. The Morgan fingerprint density at radius 2 is 2.00 bits per heavy atom. The Balaban J connectivity index is 1.56. The highest BCUT2D eigenvalue weighted by molar-refractivity contribution is 5.69. The van der Waals surface area contributed by atoms with E-state index in [0.717, 1.165) is 30.2 Å². The molecule has 0 amide bonds. The molecule has 0 radical (unpaired) electrons. The SMILES string of the molecule is CC(=O)Oc1cccc(CCC[N+]2(C)C3CCC2CC(O)C3)c1. The second-order valence-corrected chi connectivity index (χ2v) is 7.43. The van der Waals surface area contributed by atoms with Crippen LogP contribution >= 0.6 is 0 Å². The van der Waals surface area contributed by atoms with Gasteiger partial charge in [-0.3, -0.25) is 4.79 Å². The minimum Gasteiger partial charge on any atom is -0.427 e. The van der Waals surface area contributed by atoms with Gasteiger partial charge in [0.2, 0.25) is 0 Å². The second kappa shape index (κ2) is 6.62. The van der Waals surface area contributed by atoms with E-state index in [1.807, 2.05) is 18.2 Å². The van der Waals surface area contributed by atoms with Gasteiger partial charge in [-0.25, -0.2) is 0 Å². The zero-order valence-electron chi connectivity index (χ0n) is 14.2. The number of ether oxygens (including phenoxy) is 1. The van der Waals surface area contributed by atoms with Crippen molar-refractivity contribution in [1.29, 1.82) is 0 Å². The number of aliphatic hydroxyl groups is 1. The van der Waals surface area contributed by atoms with Gasteiger partial charge in [0.1, 0.15) is 5.75 Å². The van der Waals surface area contributed by atoms with E-state index in [1.165, 1.54) is 31.9 Å². The van der Waals surface area contributed by atoms with Gasteiger partial charge in [-0.15, -0.1) is 0 Å². The molecule has 4 nitrogen and oxygen atoms in total. The van der Waals surface area contributed by atoms with E-state index in [-0.39, 0.29) is 12.1 Å². The van der Waals surface area contributed by atoms with E-state index in [1.54, 1.807) is 0 Å². The number of piperidine rings is 1. The fraction of sp³-hybridized carbons (Fsp3) is 0.632. The summed E-state index contributed by atoms with van der Waals surface area (Å²) in [6, 6.07) is 9.11. The Morgan fingerprint density at radius 3 is 2.65 bits per heavy atom. The van der Waals surface area contributed by atoms with E-state index in [4.69, 9.17) is 4.74 Å². The highest BCUT2D eigenvalue weighted by Gasteiger charge is 2.50. The lowest BCUT2D eigenvalue weighted by atomic mass is 9.96. The van der Waals surface area contributed by atoms with E-state index >= 15 is 0 Å². The van der Waals surface area contributed by atoms with Gasteiger partial charge >= 0.3 is 5.97 Å². The number of aryl methyl sites for hydroxylation is 1. The van der Waals surface area contributed by atoms with Crippen LogP contribution in [0.4, 0.5) is 0 Å². The Kier molecular flexibility index (Phi) is 4.74. The van der Waals surface area contributed by atoms with Crippen LogP contribution in [-0.2, 0) is 11.2 Å². The normalized spacial score (nSPS) is 32.7. The van der Waals surface area contributed by atoms with Crippen LogP contribution in [0.5, 0.6) is 5.75 Å². The molecule has 0 spiro atoms. The molecule has 2 heterocycles.